The summed E-state index contributed by atoms with van der Waals surface area (Å²) in [5.41, 5.74) is 4.59. The Kier molecular flexibility index (Phi) is 6.48. The Labute approximate surface area is 191 Å². The summed E-state index contributed by atoms with van der Waals surface area (Å²) < 4.78 is 50.8. The number of hydrogen-bond donors (Lipinski definition) is 3. The van der Waals surface area contributed by atoms with Gasteiger partial charge >= 0.3 is 0 Å². The summed E-state index contributed by atoms with van der Waals surface area (Å²) in [4.78, 5) is 13.2. The molecule has 0 saturated heterocycles. The summed E-state index contributed by atoms with van der Waals surface area (Å²) in [6.07, 6.45) is 0. The van der Waals surface area contributed by atoms with Crippen LogP contribution in [0.25, 0.3) is 0 Å². The van der Waals surface area contributed by atoms with Gasteiger partial charge in [0.15, 0.2) is 17.4 Å². The van der Waals surface area contributed by atoms with Crippen LogP contribution in [-0.2, 0) is 19.1 Å². The molecule has 0 aliphatic heterocycles. The van der Waals surface area contributed by atoms with E-state index in [1.54, 1.807) is 0 Å². The van der Waals surface area contributed by atoms with E-state index in [4.69, 9.17) is 16.4 Å². The van der Waals surface area contributed by atoms with Gasteiger partial charge in [-0.25, -0.2) is 21.8 Å². The van der Waals surface area contributed by atoms with Gasteiger partial charge in [0.2, 0.25) is 0 Å². The van der Waals surface area contributed by atoms with Crippen LogP contribution in [0.2, 0.25) is 0 Å². The van der Waals surface area contributed by atoms with Crippen LogP contribution in [0.4, 0.5) is 28.7 Å². The zero-order valence-electron chi connectivity index (χ0n) is 16.2. The van der Waals surface area contributed by atoms with E-state index < -0.39 is 39.5 Å². The number of benzene rings is 2. The molecule has 0 aliphatic rings. The topological polar surface area (TPSA) is 207 Å². The minimum absolute atomic E-state index is 0.0301. The molecule has 16 heteroatoms. The van der Waals surface area contributed by atoms with E-state index in [2.05, 4.69) is 19.9 Å². The van der Waals surface area contributed by atoms with Crippen LogP contribution in [0.5, 0.6) is 5.75 Å². The third-order valence-corrected chi connectivity index (χ3v) is 6.70. The molecule has 4 N–H and O–H groups in total. The molecule has 0 atom stereocenters. The molecule has 3 aromatic rings. The highest BCUT2D eigenvalue weighted by atomic mass is 35.7. The molecule has 2 aromatic carbocycles. The average Bonchev–Trinajstić information content (AvgIpc) is 2.74. The maximum atomic E-state index is 12.8. The fraction of sp³-hybridized carbons (Fsp3) is 0. The number of aromatic nitrogens is 1. The molecule has 33 heavy (non-hydrogen) atoms. The Morgan fingerprint density at radius 3 is 2.36 bits per heavy atom. The second-order valence-corrected chi connectivity index (χ2v) is 10.5. The Morgan fingerprint density at radius 1 is 1.03 bits per heavy atom. The lowest BCUT2D eigenvalue weighted by atomic mass is 10.2. The van der Waals surface area contributed by atoms with Crippen molar-refractivity contribution in [3.8, 4) is 5.75 Å². The minimum Gasteiger partial charge on any atom is -0.504 e. The molecule has 0 radical (unpaired) electrons. The van der Waals surface area contributed by atoms with Crippen molar-refractivity contribution >= 4 is 58.5 Å². The van der Waals surface area contributed by atoms with Crippen LogP contribution in [0.1, 0.15) is 0 Å². The number of azo groups is 1. The fourth-order valence-electron chi connectivity index (χ4n) is 2.42. The summed E-state index contributed by atoms with van der Waals surface area (Å²) in [6, 6.07) is 9.82. The Morgan fingerprint density at radius 2 is 1.73 bits per heavy atom. The normalized spacial score (nSPS) is 12.0. The molecule has 1 aromatic heterocycles. The predicted molar refractivity (Wildman–Crippen MR) is 118 cm³/mol. The molecule has 0 bridgehead atoms. The standard InChI is InChI=1S/C17H13ClN6O7S2/c18-32(28,29)11-2-1-3-12(9-11)33(30,31)23-14-8-10(24(26)27)4-5-13(14)21-22-16-7-6-15(25)17(19)20-16/h1-9,23,25H,(H2,19,20). The molecule has 1 heterocycles. The zero-order chi connectivity index (χ0) is 24.4. The largest absolute Gasteiger partial charge is 0.504 e. The lowest BCUT2D eigenvalue weighted by molar-refractivity contribution is -0.384. The summed E-state index contributed by atoms with van der Waals surface area (Å²) in [7, 11) is -3.36. The van der Waals surface area contributed by atoms with Gasteiger partial charge in [-0.15, -0.1) is 10.2 Å². The predicted octanol–water partition coefficient (Wildman–Crippen LogP) is 3.42. The first kappa shape index (κ1) is 23.8. The van der Waals surface area contributed by atoms with Crippen LogP contribution < -0.4 is 10.5 Å². The average molecular weight is 513 g/mol. The molecule has 3 rings (SSSR count). The quantitative estimate of drug-likeness (QED) is 0.183. The Balaban J connectivity index is 2.03. The molecule has 13 nitrogen and oxygen atoms in total. The van der Waals surface area contributed by atoms with Crippen LogP contribution in [0.15, 0.2) is 74.6 Å². The number of rotatable bonds is 7. The maximum Gasteiger partial charge on any atom is 0.271 e. The first-order valence-electron chi connectivity index (χ1n) is 8.60. The van der Waals surface area contributed by atoms with E-state index >= 15 is 0 Å². The van der Waals surface area contributed by atoms with Crippen LogP contribution in [0, 0.1) is 10.1 Å². The molecule has 0 amide bonds. The maximum absolute atomic E-state index is 12.8. The van der Waals surface area contributed by atoms with Gasteiger partial charge in [-0.1, -0.05) is 6.07 Å². The number of anilines is 2. The van der Waals surface area contributed by atoms with E-state index in [9.17, 15) is 32.1 Å². The number of nitro groups is 1. The number of nitro benzene ring substituents is 1. The highest BCUT2D eigenvalue weighted by molar-refractivity contribution is 8.13. The number of nitrogens with zero attached hydrogens (tertiary/aromatic N) is 4. The van der Waals surface area contributed by atoms with Gasteiger partial charge in [0.25, 0.3) is 24.8 Å². The van der Waals surface area contributed by atoms with Gasteiger partial charge in [0, 0.05) is 22.8 Å². The van der Waals surface area contributed by atoms with Crippen molar-refractivity contribution in [2.45, 2.75) is 9.79 Å². The number of non-ortho nitro benzene ring substituents is 1. The van der Waals surface area contributed by atoms with Gasteiger partial charge in [-0.05, 0) is 36.4 Å². The highest BCUT2D eigenvalue weighted by Gasteiger charge is 2.21. The van der Waals surface area contributed by atoms with E-state index in [1.165, 1.54) is 18.2 Å². The second kappa shape index (κ2) is 8.97. The summed E-state index contributed by atoms with van der Waals surface area (Å²) in [5.74, 6) is -0.526. The lowest BCUT2D eigenvalue weighted by Gasteiger charge is -2.10. The van der Waals surface area contributed by atoms with Gasteiger partial charge in [0.05, 0.1) is 20.4 Å². The number of halogens is 1. The van der Waals surface area contributed by atoms with Crippen molar-refractivity contribution in [2.24, 2.45) is 10.2 Å². The van der Waals surface area contributed by atoms with Gasteiger partial charge in [-0.3, -0.25) is 14.8 Å². The second-order valence-electron chi connectivity index (χ2n) is 6.25. The zero-order valence-corrected chi connectivity index (χ0v) is 18.5. The van der Waals surface area contributed by atoms with E-state index in [1.807, 2.05) is 0 Å². The first-order chi connectivity index (χ1) is 15.4. The summed E-state index contributed by atoms with van der Waals surface area (Å²) in [5, 5.41) is 28.2. The van der Waals surface area contributed by atoms with E-state index in [0.717, 1.165) is 36.4 Å². The lowest BCUT2D eigenvalue weighted by Crippen LogP contribution is -2.13. The number of pyridine rings is 1. The number of nitrogen functional groups attached to an aromatic ring is 1. The van der Waals surface area contributed by atoms with Crippen molar-refractivity contribution in [3.05, 3.63) is 64.7 Å². The van der Waals surface area contributed by atoms with Gasteiger partial charge in [0.1, 0.15) is 5.69 Å². The van der Waals surface area contributed by atoms with Gasteiger partial charge in [-0.2, -0.15) is 0 Å². The molecule has 0 aliphatic carbocycles. The number of hydrogen-bond acceptors (Lipinski definition) is 11. The van der Waals surface area contributed by atoms with E-state index in [0.29, 0.717) is 0 Å². The third-order valence-electron chi connectivity index (χ3n) is 3.98. The first-order valence-corrected chi connectivity index (χ1v) is 12.4. The molecule has 0 saturated carbocycles. The smallest absolute Gasteiger partial charge is 0.271 e. The molecule has 172 valence electrons. The molecule has 0 fully saturated rings. The van der Waals surface area contributed by atoms with Crippen molar-refractivity contribution in [1.82, 2.24) is 4.98 Å². The summed E-state index contributed by atoms with van der Waals surface area (Å²) >= 11 is 0. The molecular formula is C17H13ClN6O7S2. The number of nitrogens with one attached hydrogen (secondary N) is 1. The molecule has 0 spiro atoms. The van der Waals surface area contributed by atoms with Crippen LogP contribution >= 0.6 is 10.7 Å². The van der Waals surface area contributed by atoms with Crippen LogP contribution in [0.3, 0.4) is 0 Å². The minimum atomic E-state index is -4.42. The molecular weight excluding hydrogens is 500 g/mol. The van der Waals surface area contributed by atoms with Crippen molar-refractivity contribution in [1.29, 1.82) is 0 Å². The van der Waals surface area contributed by atoms with Crippen molar-refractivity contribution in [3.63, 3.8) is 0 Å². The third kappa shape index (κ3) is 5.71. The Hall–Kier alpha value is -3.82. The van der Waals surface area contributed by atoms with Gasteiger partial charge < -0.3 is 10.8 Å². The highest BCUT2D eigenvalue weighted by Crippen LogP contribution is 2.33. The van der Waals surface area contributed by atoms with Crippen LogP contribution in [-0.4, -0.2) is 31.8 Å². The number of sulfonamides is 1. The number of nitrogens with two attached hydrogens (primary N) is 1. The van der Waals surface area contributed by atoms with Crippen molar-refractivity contribution in [2.75, 3.05) is 10.5 Å². The SMILES string of the molecule is Nc1nc(N=Nc2ccc([N+](=O)[O-])cc2NS(=O)(=O)c2cccc(S(=O)(=O)Cl)c2)ccc1O. The molecule has 0 unspecified atom stereocenters. The summed E-state index contributed by atoms with van der Waals surface area (Å²) in [6.45, 7) is 0. The monoisotopic (exact) mass is 512 g/mol. The van der Waals surface area contributed by atoms with Crippen molar-refractivity contribution < 1.29 is 26.9 Å². The fourth-order valence-corrected chi connectivity index (χ4v) is 4.40. The van der Waals surface area contributed by atoms with E-state index in [-0.39, 0.29) is 28.8 Å². The Bertz CT molecular complexity index is 1490. The number of aromatic hydroxyl groups is 1.